The monoisotopic (exact) mass is 453 g/mol. The van der Waals surface area contributed by atoms with Crippen LogP contribution in [0.2, 0.25) is 0 Å². The van der Waals surface area contributed by atoms with Gasteiger partial charge in [-0.1, -0.05) is 12.1 Å². The predicted molar refractivity (Wildman–Crippen MR) is 129 cm³/mol. The number of fused-ring (bicyclic) bond motifs is 2. The Hall–Kier alpha value is -3.88. The average Bonchev–Trinajstić information content (AvgIpc) is 3.38. The van der Waals surface area contributed by atoms with Gasteiger partial charge in [0.1, 0.15) is 18.8 Å². The third kappa shape index (κ3) is 3.57. The van der Waals surface area contributed by atoms with E-state index in [9.17, 15) is 5.11 Å². The molecular formula is C26H23N5O3. The standard InChI is InChI=1S/C26H23N5O3/c1-16-2-3-17(12-21(16)25(32)24-20-6-9-34-26(20)30-15-29-24)23-19-5-4-18(13-22(19)27-14-28-23)31-7-10-33-11-8-31/h2-6,9,12-15,25,32H,7-8,10-11H2,1H3. The molecule has 8 heteroatoms. The van der Waals surface area contributed by atoms with Crippen molar-refractivity contribution in [2.24, 2.45) is 0 Å². The van der Waals surface area contributed by atoms with E-state index in [4.69, 9.17) is 9.15 Å². The molecule has 0 radical (unpaired) electrons. The number of furan rings is 1. The van der Waals surface area contributed by atoms with E-state index in [1.165, 1.54) is 6.33 Å². The molecule has 1 aliphatic heterocycles. The molecule has 1 saturated heterocycles. The molecule has 0 spiro atoms. The first-order valence-corrected chi connectivity index (χ1v) is 11.2. The highest BCUT2D eigenvalue weighted by atomic mass is 16.5. The number of hydrogen-bond donors (Lipinski definition) is 1. The number of aryl methyl sites for hydroxylation is 1. The van der Waals surface area contributed by atoms with Gasteiger partial charge in [-0.3, -0.25) is 0 Å². The van der Waals surface area contributed by atoms with Gasteiger partial charge < -0.3 is 19.2 Å². The second kappa shape index (κ2) is 8.48. The van der Waals surface area contributed by atoms with Crippen LogP contribution < -0.4 is 4.90 Å². The maximum atomic E-state index is 11.3. The Balaban J connectivity index is 1.41. The molecule has 0 saturated carbocycles. The van der Waals surface area contributed by atoms with Crippen LogP contribution in [0.1, 0.15) is 22.9 Å². The van der Waals surface area contributed by atoms with Gasteiger partial charge in [-0.25, -0.2) is 19.9 Å². The van der Waals surface area contributed by atoms with Crippen LogP contribution in [0.4, 0.5) is 5.69 Å². The molecule has 5 aromatic rings. The van der Waals surface area contributed by atoms with Crippen molar-refractivity contribution >= 4 is 27.7 Å². The van der Waals surface area contributed by atoms with Crippen LogP contribution in [0.3, 0.4) is 0 Å². The van der Waals surface area contributed by atoms with Crippen molar-refractivity contribution in [1.29, 1.82) is 0 Å². The van der Waals surface area contributed by atoms with Crippen molar-refractivity contribution in [2.75, 3.05) is 31.2 Å². The fourth-order valence-electron chi connectivity index (χ4n) is 4.55. The topological polar surface area (TPSA) is 97.4 Å². The lowest BCUT2D eigenvalue weighted by molar-refractivity contribution is 0.122. The van der Waals surface area contributed by atoms with E-state index >= 15 is 0 Å². The summed E-state index contributed by atoms with van der Waals surface area (Å²) in [5.74, 6) is 0. The van der Waals surface area contributed by atoms with Crippen molar-refractivity contribution in [2.45, 2.75) is 13.0 Å². The second-order valence-corrected chi connectivity index (χ2v) is 8.40. The molecule has 1 aliphatic rings. The maximum absolute atomic E-state index is 11.3. The quantitative estimate of drug-likeness (QED) is 0.435. The lowest BCUT2D eigenvalue weighted by Crippen LogP contribution is -2.36. The van der Waals surface area contributed by atoms with E-state index in [1.54, 1.807) is 18.7 Å². The fraction of sp³-hybridized carbons (Fsp3) is 0.231. The Kier molecular flexibility index (Phi) is 5.16. The highest BCUT2D eigenvalue weighted by molar-refractivity contribution is 5.94. The van der Waals surface area contributed by atoms with Crippen molar-refractivity contribution in [1.82, 2.24) is 19.9 Å². The van der Waals surface area contributed by atoms with E-state index in [1.807, 2.05) is 25.1 Å². The molecule has 1 N–H and O–H groups in total. The summed E-state index contributed by atoms with van der Waals surface area (Å²) >= 11 is 0. The third-order valence-electron chi connectivity index (χ3n) is 6.40. The first kappa shape index (κ1) is 20.7. The molecule has 170 valence electrons. The van der Waals surface area contributed by atoms with Crippen LogP contribution in [0.15, 0.2) is 65.8 Å². The van der Waals surface area contributed by atoms with Crippen LogP contribution in [-0.4, -0.2) is 51.3 Å². The second-order valence-electron chi connectivity index (χ2n) is 8.40. The molecule has 8 nitrogen and oxygen atoms in total. The van der Waals surface area contributed by atoms with Crippen molar-refractivity contribution < 1.29 is 14.3 Å². The molecular weight excluding hydrogens is 430 g/mol. The molecule has 0 bridgehead atoms. The van der Waals surface area contributed by atoms with Crippen molar-refractivity contribution in [3.63, 3.8) is 0 Å². The number of rotatable bonds is 4. The summed E-state index contributed by atoms with van der Waals surface area (Å²) in [6.07, 6.45) is 3.63. The molecule has 4 heterocycles. The zero-order chi connectivity index (χ0) is 23.1. The normalized spacial score (nSPS) is 15.2. The van der Waals surface area contributed by atoms with E-state index < -0.39 is 6.10 Å². The molecule has 6 rings (SSSR count). The zero-order valence-electron chi connectivity index (χ0n) is 18.7. The fourth-order valence-corrected chi connectivity index (χ4v) is 4.55. The summed E-state index contributed by atoms with van der Waals surface area (Å²) in [6, 6.07) is 14.1. The van der Waals surface area contributed by atoms with Gasteiger partial charge in [0.25, 0.3) is 0 Å². The number of hydrogen-bond acceptors (Lipinski definition) is 8. The number of morpholine rings is 1. The number of nitrogens with zero attached hydrogens (tertiary/aromatic N) is 5. The van der Waals surface area contributed by atoms with Crippen molar-refractivity contribution in [3.05, 3.63) is 78.2 Å². The van der Waals surface area contributed by atoms with Gasteiger partial charge in [0.2, 0.25) is 5.71 Å². The summed E-state index contributed by atoms with van der Waals surface area (Å²) in [5, 5.41) is 12.9. The molecule has 34 heavy (non-hydrogen) atoms. The lowest BCUT2D eigenvalue weighted by Gasteiger charge is -2.29. The average molecular weight is 454 g/mol. The molecule has 1 unspecified atom stereocenters. The number of anilines is 1. The number of aliphatic hydroxyl groups is 1. The SMILES string of the molecule is Cc1ccc(-c2ncnc3cc(N4CCOCC4)ccc23)cc1C(O)c1ncnc2occc12. The van der Waals surface area contributed by atoms with E-state index in [0.717, 1.165) is 65.3 Å². The first-order valence-electron chi connectivity index (χ1n) is 11.2. The minimum atomic E-state index is -0.927. The Morgan fingerprint density at radius 2 is 1.76 bits per heavy atom. The summed E-state index contributed by atoms with van der Waals surface area (Å²) < 4.78 is 10.9. The van der Waals surface area contributed by atoms with E-state index in [-0.39, 0.29) is 0 Å². The third-order valence-corrected chi connectivity index (χ3v) is 6.40. The molecule has 1 atom stereocenters. The Labute approximate surface area is 195 Å². The van der Waals surface area contributed by atoms with E-state index in [2.05, 4.69) is 43.0 Å². The number of ether oxygens (including phenoxy) is 1. The smallest absolute Gasteiger partial charge is 0.229 e. The van der Waals surface area contributed by atoms with Crippen LogP contribution >= 0.6 is 0 Å². The highest BCUT2D eigenvalue weighted by Crippen LogP contribution is 2.34. The molecule has 1 fully saturated rings. The van der Waals surface area contributed by atoms with Crippen LogP contribution in [-0.2, 0) is 4.74 Å². The number of aliphatic hydroxyl groups excluding tert-OH is 1. The van der Waals surface area contributed by atoms with E-state index in [0.29, 0.717) is 16.8 Å². The van der Waals surface area contributed by atoms with Crippen LogP contribution in [0, 0.1) is 6.92 Å². The van der Waals surface area contributed by atoms with Gasteiger partial charge in [-0.15, -0.1) is 0 Å². The highest BCUT2D eigenvalue weighted by Gasteiger charge is 2.20. The van der Waals surface area contributed by atoms with Crippen LogP contribution in [0.5, 0.6) is 0 Å². The zero-order valence-corrected chi connectivity index (χ0v) is 18.7. The van der Waals surface area contributed by atoms with Crippen LogP contribution in [0.25, 0.3) is 33.3 Å². The first-order chi connectivity index (χ1) is 16.7. The number of benzene rings is 2. The predicted octanol–water partition coefficient (Wildman–Crippen LogP) is 4.06. The van der Waals surface area contributed by atoms with Gasteiger partial charge in [-0.05, 0) is 48.4 Å². The molecule has 0 aliphatic carbocycles. The lowest BCUT2D eigenvalue weighted by atomic mass is 9.95. The largest absolute Gasteiger partial charge is 0.446 e. The van der Waals surface area contributed by atoms with Gasteiger partial charge in [0.15, 0.2) is 0 Å². The molecule has 0 amide bonds. The Bertz CT molecular complexity index is 1490. The Morgan fingerprint density at radius 1 is 0.912 bits per heavy atom. The summed E-state index contributed by atoms with van der Waals surface area (Å²) in [4.78, 5) is 19.9. The van der Waals surface area contributed by atoms with Crippen molar-refractivity contribution in [3.8, 4) is 11.3 Å². The Morgan fingerprint density at radius 3 is 2.65 bits per heavy atom. The minimum absolute atomic E-state index is 0.454. The minimum Gasteiger partial charge on any atom is -0.446 e. The summed E-state index contributed by atoms with van der Waals surface area (Å²) in [5.41, 5.74) is 6.43. The summed E-state index contributed by atoms with van der Waals surface area (Å²) in [6.45, 7) is 5.19. The van der Waals surface area contributed by atoms with Gasteiger partial charge in [0, 0.05) is 29.7 Å². The van der Waals surface area contributed by atoms with Gasteiger partial charge >= 0.3 is 0 Å². The summed E-state index contributed by atoms with van der Waals surface area (Å²) in [7, 11) is 0. The number of aromatic nitrogens is 4. The maximum Gasteiger partial charge on any atom is 0.229 e. The van der Waals surface area contributed by atoms with Gasteiger partial charge in [0.05, 0.1) is 41.8 Å². The molecule has 3 aromatic heterocycles. The van der Waals surface area contributed by atoms with Gasteiger partial charge in [-0.2, -0.15) is 0 Å². The molecule has 2 aromatic carbocycles.